The number of aromatic nitrogens is 5. The molecule has 6 nitrogen and oxygen atoms in total. The Kier molecular flexibility index (Phi) is 3.37. The van der Waals surface area contributed by atoms with E-state index in [9.17, 15) is 4.79 Å². The highest BCUT2D eigenvalue weighted by molar-refractivity contribution is 7.99. The minimum atomic E-state index is -0.262. The topological polar surface area (TPSA) is 84.4 Å². The fourth-order valence-electron chi connectivity index (χ4n) is 0.841. The standard InChI is InChI=1S/C7H3Cl2N5OS/c8-4-5(12-6(9)14-13-4)16-7-10-2-1-3(15)11-7/h1-2H,(H,10,11,15). The summed E-state index contributed by atoms with van der Waals surface area (Å²) in [6.45, 7) is 0. The zero-order chi connectivity index (χ0) is 11.5. The van der Waals surface area contributed by atoms with Gasteiger partial charge in [-0.2, -0.15) is 0 Å². The Labute approximate surface area is 103 Å². The average Bonchev–Trinajstić information content (AvgIpc) is 2.24. The van der Waals surface area contributed by atoms with Crippen LogP contribution in [-0.4, -0.2) is 25.1 Å². The van der Waals surface area contributed by atoms with Crippen LogP contribution < -0.4 is 5.56 Å². The zero-order valence-corrected chi connectivity index (χ0v) is 9.84. The summed E-state index contributed by atoms with van der Waals surface area (Å²) in [6, 6.07) is 1.30. The van der Waals surface area contributed by atoms with Gasteiger partial charge in [0, 0.05) is 12.3 Å². The van der Waals surface area contributed by atoms with Crippen molar-refractivity contribution in [3.8, 4) is 0 Å². The van der Waals surface area contributed by atoms with Crippen LogP contribution in [0.25, 0.3) is 0 Å². The van der Waals surface area contributed by atoms with E-state index in [0.717, 1.165) is 11.8 Å². The third kappa shape index (κ3) is 2.69. The third-order valence-electron chi connectivity index (χ3n) is 1.43. The van der Waals surface area contributed by atoms with E-state index in [1.807, 2.05) is 0 Å². The lowest BCUT2D eigenvalue weighted by atomic mass is 10.7. The number of H-pyrrole nitrogens is 1. The van der Waals surface area contributed by atoms with E-state index in [0.29, 0.717) is 10.2 Å². The molecular weight excluding hydrogens is 273 g/mol. The van der Waals surface area contributed by atoms with Crippen molar-refractivity contribution >= 4 is 35.0 Å². The van der Waals surface area contributed by atoms with Crippen molar-refractivity contribution in [3.63, 3.8) is 0 Å². The molecule has 2 heterocycles. The zero-order valence-electron chi connectivity index (χ0n) is 7.52. The van der Waals surface area contributed by atoms with Crippen molar-refractivity contribution in [1.29, 1.82) is 0 Å². The lowest BCUT2D eigenvalue weighted by Crippen LogP contribution is -2.05. The fraction of sp³-hybridized carbons (Fsp3) is 0. The first-order chi connectivity index (χ1) is 7.65. The second-order valence-electron chi connectivity index (χ2n) is 2.52. The Morgan fingerprint density at radius 2 is 2.12 bits per heavy atom. The van der Waals surface area contributed by atoms with Gasteiger partial charge in [0.2, 0.25) is 5.28 Å². The number of nitrogens with zero attached hydrogens (tertiary/aromatic N) is 4. The van der Waals surface area contributed by atoms with Crippen molar-refractivity contribution < 1.29 is 0 Å². The summed E-state index contributed by atoms with van der Waals surface area (Å²) < 4.78 is 0. The van der Waals surface area contributed by atoms with Gasteiger partial charge in [-0.1, -0.05) is 11.6 Å². The Bertz CT molecular complexity index is 575. The molecular formula is C7H3Cl2N5OS. The fourth-order valence-corrected chi connectivity index (χ4v) is 1.91. The summed E-state index contributed by atoms with van der Waals surface area (Å²) in [5, 5.41) is 7.80. The van der Waals surface area contributed by atoms with E-state index in [2.05, 4.69) is 25.1 Å². The van der Waals surface area contributed by atoms with E-state index < -0.39 is 0 Å². The minimum absolute atomic E-state index is 0.0230. The molecule has 2 rings (SSSR count). The maximum atomic E-state index is 11.0. The predicted octanol–water partition coefficient (Wildman–Crippen LogP) is 1.41. The first-order valence-corrected chi connectivity index (χ1v) is 5.51. The van der Waals surface area contributed by atoms with Crippen LogP contribution in [0.15, 0.2) is 27.2 Å². The smallest absolute Gasteiger partial charge is 0.251 e. The van der Waals surface area contributed by atoms with Crippen LogP contribution in [0.5, 0.6) is 0 Å². The molecule has 0 aromatic carbocycles. The van der Waals surface area contributed by atoms with Gasteiger partial charge < -0.3 is 4.98 Å². The lowest BCUT2D eigenvalue weighted by molar-refractivity contribution is 0.890. The highest BCUT2D eigenvalue weighted by atomic mass is 35.5. The summed E-state index contributed by atoms with van der Waals surface area (Å²) in [7, 11) is 0. The Morgan fingerprint density at radius 3 is 2.88 bits per heavy atom. The monoisotopic (exact) mass is 275 g/mol. The highest BCUT2D eigenvalue weighted by Gasteiger charge is 2.09. The molecule has 2 aromatic heterocycles. The van der Waals surface area contributed by atoms with Gasteiger partial charge >= 0.3 is 0 Å². The number of halogens is 2. The van der Waals surface area contributed by atoms with Gasteiger partial charge in [-0.3, -0.25) is 4.79 Å². The lowest BCUT2D eigenvalue weighted by Gasteiger charge is -2.00. The molecule has 2 aromatic rings. The summed E-state index contributed by atoms with van der Waals surface area (Å²) >= 11 is 12.4. The number of aromatic amines is 1. The molecule has 0 saturated carbocycles. The first kappa shape index (κ1) is 11.3. The van der Waals surface area contributed by atoms with Gasteiger partial charge in [0.25, 0.3) is 5.56 Å². The quantitative estimate of drug-likeness (QED) is 0.835. The maximum absolute atomic E-state index is 11.0. The molecule has 0 atom stereocenters. The largest absolute Gasteiger partial charge is 0.301 e. The van der Waals surface area contributed by atoms with Gasteiger partial charge in [-0.25, -0.2) is 9.97 Å². The van der Waals surface area contributed by atoms with E-state index in [1.165, 1.54) is 12.3 Å². The molecule has 0 spiro atoms. The molecule has 16 heavy (non-hydrogen) atoms. The van der Waals surface area contributed by atoms with Gasteiger partial charge in [0.15, 0.2) is 10.3 Å². The molecule has 0 fully saturated rings. The van der Waals surface area contributed by atoms with Crippen molar-refractivity contribution in [1.82, 2.24) is 25.1 Å². The molecule has 0 amide bonds. The number of rotatable bonds is 2. The summed E-state index contributed by atoms with van der Waals surface area (Å²) in [5.41, 5.74) is -0.262. The summed E-state index contributed by atoms with van der Waals surface area (Å²) in [6.07, 6.45) is 1.38. The molecule has 0 radical (unpaired) electrons. The second kappa shape index (κ2) is 4.77. The SMILES string of the molecule is O=c1ccnc(Sc2nc(Cl)nnc2Cl)[nH]1. The minimum Gasteiger partial charge on any atom is -0.301 e. The molecule has 9 heteroatoms. The summed E-state index contributed by atoms with van der Waals surface area (Å²) in [4.78, 5) is 21.3. The number of nitrogens with one attached hydrogen (secondary N) is 1. The van der Waals surface area contributed by atoms with Crippen molar-refractivity contribution in [2.75, 3.05) is 0 Å². The average molecular weight is 276 g/mol. The normalized spacial score (nSPS) is 10.4. The van der Waals surface area contributed by atoms with E-state index in [4.69, 9.17) is 23.2 Å². The second-order valence-corrected chi connectivity index (χ2v) is 4.19. The predicted molar refractivity (Wildman–Crippen MR) is 58.8 cm³/mol. The van der Waals surface area contributed by atoms with Crippen LogP contribution in [0.3, 0.4) is 0 Å². The Hall–Kier alpha value is -1.18. The summed E-state index contributed by atoms with van der Waals surface area (Å²) in [5.74, 6) is 0. The van der Waals surface area contributed by atoms with Gasteiger partial charge in [0.1, 0.15) is 5.03 Å². The highest BCUT2D eigenvalue weighted by Crippen LogP contribution is 2.27. The Balaban J connectivity index is 2.33. The van der Waals surface area contributed by atoms with Crippen LogP contribution >= 0.6 is 35.0 Å². The molecule has 0 bridgehead atoms. The van der Waals surface area contributed by atoms with Crippen LogP contribution in [0.2, 0.25) is 10.4 Å². The van der Waals surface area contributed by atoms with Gasteiger partial charge in [0.05, 0.1) is 0 Å². The van der Waals surface area contributed by atoms with Gasteiger partial charge in [-0.15, -0.1) is 10.2 Å². The van der Waals surface area contributed by atoms with Crippen molar-refractivity contribution in [2.24, 2.45) is 0 Å². The van der Waals surface area contributed by atoms with Gasteiger partial charge in [-0.05, 0) is 23.4 Å². The van der Waals surface area contributed by atoms with Crippen molar-refractivity contribution in [3.05, 3.63) is 33.1 Å². The molecule has 0 aliphatic carbocycles. The Morgan fingerprint density at radius 1 is 1.31 bits per heavy atom. The molecule has 82 valence electrons. The van der Waals surface area contributed by atoms with E-state index >= 15 is 0 Å². The third-order valence-corrected chi connectivity index (χ3v) is 2.84. The first-order valence-electron chi connectivity index (χ1n) is 3.94. The molecule has 0 aliphatic rings. The van der Waals surface area contributed by atoms with Crippen molar-refractivity contribution in [2.45, 2.75) is 10.2 Å². The van der Waals surface area contributed by atoms with Crippen LogP contribution in [0.4, 0.5) is 0 Å². The molecule has 0 saturated heterocycles. The molecule has 0 unspecified atom stereocenters. The van der Waals surface area contributed by atoms with Crippen LogP contribution in [0, 0.1) is 0 Å². The van der Waals surface area contributed by atoms with E-state index in [-0.39, 0.29) is 16.0 Å². The number of hydrogen-bond acceptors (Lipinski definition) is 6. The molecule has 0 aliphatic heterocycles. The van der Waals surface area contributed by atoms with Crippen LogP contribution in [-0.2, 0) is 0 Å². The maximum Gasteiger partial charge on any atom is 0.251 e. The molecule has 1 N–H and O–H groups in total. The van der Waals surface area contributed by atoms with E-state index in [1.54, 1.807) is 0 Å². The number of hydrogen-bond donors (Lipinski definition) is 1. The van der Waals surface area contributed by atoms with Crippen LogP contribution in [0.1, 0.15) is 0 Å².